The number of aliphatic hydroxyl groups is 2. The number of anilines is 1. The van der Waals surface area contributed by atoms with Crippen LogP contribution in [0, 0.1) is 0 Å². The second-order valence-corrected chi connectivity index (χ2v) is 3.86. The molecule has 8 heteroatoms. The van der Waals surface area contributed by atoms with E-state index in [2.05, 4.69) is 15.0 Å². The van der Waals surface area contributed by atoms with E-state index in [4.69, 9.17) is 10.5 Å². The van der Waals surface area contributed by atoms with E-state index in [0.29, 0.717) is 11.2 Å². The maximum Gasteiger partial charge on any atom is 0.167 e. The van der Waals surface area contributed by atoms with E-state index in [9.17, 15) is 10.2 Å². The highest BCUT2D eigenvalue weighted by molar-refractivity contribution is 5.81. The van der Waals surface area contributed by atoms with E-state index in [1.165, 1.54) is 17.2 Å². The number of hydrogen-bond acceptors (Lipinski definition) is 7. The van der Waals surface area contributed by atoms with Crippen molar-refractivity contribution in [2.75, 3.05) is 12.3 Å². The quantitative estimate of drug-likeness (QED) is 0.561. The summed E-state index contributed by atoms with van der Waals surface area (Å²) in [5, 5.41) is 19.2. The Hall–Kier alpha value is -1.77. The minimum absolute atomic E-state index is 0.0755. The second-order valence-electron chi connectivity index (χ2n) is 3.86. The maximum absolute atomic E-state index is 9.76. The summed E-state index contributed by atoms with van der Waals surface area (Å²) < 4.78 is 6.83. The van der Waals surface area contributed by atoms with Crippen LogP contribution >= 0.6 is 0 Å². The fourth-order valence-corrected chi connectivity index (χ4v) is 1.89. The number of nitrogens with zero attached hydrogens (tertiary/aromatic N) is 4. The third kappa shape index (κ3) is 1.46. The lowest BCUT2D eigenvalue weighted by Crippen LogP contribution is -2.28. The fraction of sp³-hybridized carbons (Fsp3) is 0.444. The van der Waals surface area contributed by atoms with Crippen LogP contribution in [0.25, 0.3) is 11.2 Å². The second kappa shape index (κ2) is 3.62. The largest absolute Gasteiger partial charge is 0.388 e. The van der Waals surface area contributed by atoms with Crippen molar-refractivity contribution in [3.63, 3.8) is 0 Å². The van der Waals surface area contributed by atoms with Crippen LogP contribution in [0.4, 0.5) is 5.82 Å². The van der Waals surface area contributed by atoms with Crippen LogP contribution in [0.3, 0.4) is 0 Å². The van der Waals surface area contributed by atoms with Gasteiger partial charge in [0, 0.05) is 0 Å². The van der Waals surface area contributed by atoms with Gasteiger partial charge in [0.1, 0.15) is 24.1 Å². The molecule has 1 saturated heterocycles. The zero-order valence-corrected chi connectivity index (χ0v) is 8.76. The SMILES string of the molecule is Nc1ncnc2c1ncn2[C@H]1OC[C@H](O)[C@@H]1O. The molecule has 0 spiro atoms. The highest BCUT2D eigenvalue weighted by Gasteiger charge is 2.36. The molecule has 0 amide bonds. The number of hydrogen-bond donors (Lipinski definition) is 3. The first-order chi connectivity index (χ1) is 8.18. The molecule has 0 unspecified atom stereocenters. The Morgan fingerprint density at radius 3 is 2.88 bits per heavy atom. The molecule has 4 N–H and O–H groups in total. The van der Waals surface area contributed by atoms with Crippen molar-refractivity contribution in [1.82, 2.24) is 19.5 Å². The van der Waals surface area contributed by atoms with Crippen molar-refractivity contribution < 1.29 is 14.9 Å². The summed E-state index contributed by atoms with van der Waals surface area (Å²) in [7, 11) is 0. The topological polar surface area (TPSA) is 119 Å². The van der Waals surface area contributed by atoms with Gasteiger partial charge < -0.3 is 20.7 Å². The predicted molar refractivity (Wildman–Crippen MR) is 56.7 cm³/mol. The molecule has 1 fully saturated rings. The first-order valence-electron chi connectivity index (χ1n) is 5.09. The molecule has 17 heavy (non-hydrogen) atoms. The molecule has 0 aliphatic carbocycles. The zero-order valence-electron chi connectivity index (χ0n) is 8.76. The Kier molecular flexibility index (Phi) is 2.21. The minimum Gasteiger partial charge on any atom is -0.388 e. The Morgan fingerprint density at radius 2 is 2.18 bits per heavy atom. The third-order valence-corrected chi connectivity index (χ3v) is 2.79. The van der Waals surface area contributed by atoms with Crippen LogP contribution in [0.15, 0.2) is 12.7 Å². The van der Waals surface area contributed by atoms with E-state index in [1.807, 2.05) is 0 Å². The first kappa shape index (κ1) is 10.4. The summed E-state index contributed by atoms with van der Waals surface area (Å²) in [4.78, 5) is 11.9. The van der Waals surface area contributed by atoms with Crippen LogP contribution in [0.2, 0.25) is 0 Å². The molecule has 8 nitrogen and oxygen atoms in total. The van der Waals surface area contributed by atoms with Crippen LogP contribution in [-0.4, -0.2) is 48.5 Å². The monoisotopic (exact) mass is 237 g/mol. The summed E-state index contributed by atoms with van der Waals surface area (Å²) in [6.45, 7) is 0.0755. The molecule has 2 aromatic rings. The van der Waals surface area contributed by atoms with Gasteiger partial charge in [-0.05, 0) is 0 Å². The molecule has 0 aromatic carbocycles. The Balaban J connectivity index is 2.10. The molecular formula is C9H11N5O3. The van der Waals surface area contributed by atoms with Gasteiger partial charge in [0.2, 0.25) is 0 Å². The van der Waals surface area contributed by atoms with Gasteiger partial charge in [0.25, 0.3) is 0 Å². The third-order valence-electron chi connectivity index (χ3n) is 2.79. The van der Waals surface area contributed by atoms with E-state index in [0.717, 1.165) is 0 Å². The first-order valence-corrected chi connectivity index (χ1v) is 5.09. The summed E-state index contributed by atoms with van der Waals surface area (Å²) in [6, 6.07) is 0. The van der Waals surface area contributed by atoms with Gasteiger partial charge in [0.15, 0.2) is 17.7 Å². The van der Waals surface area contributed by atoms with E-state index in [1.54, 1.807) is 0 Å². The summed E-state index contributed by atoms with van der Waals surface area (Å²) in [5.74, 6) is 0.266. The van der Waals surface area contributed by atoms with E-state index in [-0.39, 0.29) is 12.4 Å². The number of rotatable bonds is 1. The van der Waals surface area contributed by atoms with Gasteiger partial charge in [-0.25, -0.2) is 15.0 Å². The number of imidazole rings is 1. The standard InChI is InChI=1S/C9H11N5O3/c10-7-5-8(12-2-11-7)14(3-13-5)9-6(16)4(15)1-17-9/h2-4,6,9,15-16H,1H2,(H2,10,11,12)/t4-,6-,9-/m0/s1. The molecule has 3 heterocycles. The van der Waals surface area contributed by atoms with E-state index < -0.39 is 18.4 Å². The van der Waals surface area contributed by atoms with Crippen LogP contribution in [0.1, 0.15) is 6.23 Å². The molecular weight excluding hydrogens is 226 g/mol. The smallest absolute Gasteiger partial charge is 0.167 e. The number of aromatic nitrogens is 4. The van der Waals surface area contributed by atoms with Crippen molar-refractivity contribution in [2.24, 2.45) is 0 Å². The molecule has 90 valence electrons. The molecule has 0 bridgehead atoms. The van der Waals surface area contributed by atoms with Crippen LogP contribution in [0.5, 0.6) is 0 Å². The highest BCUT2D eigenvalue weighted by Crippen LogP contribution is 2.27. The molecule has 1 aliphatic heterocycles. The minimum atomic E-state index is -1.01. The Morgan fingerprint density at radius 1 is 1.35 bits per heavy atom. The summed E-state index contributed by atoms with van der Waals surface area (Å²) >= 11 is 0. The number of aliphatic hydroxyl groups excluding tert-OH is 2. The predicted octanol–water partition coefficient (Wildman–Crippen LogP) is -1.34. The van der Waals surface area contributed by atoms with Crippen LogP contribution < -0.4 is 5.73 Å². The normalized spacial score (nSPS) is 28.9. The van der Waals surface area contributed by atoms with Gasteiger partial charge >= 0.3 is 0 Å². The fourth-order valence-electron chi connectivity index (χ4n) is 1.89. The van der Waals surface area contributed by atoms with Gasteiger partial charge in [-0.1, -0.05) is 0 Å². The number of nitrogen functional groups attached to an aromatic ring is 1. The number of fused-ring (bicyclic) bond motifs is 1. The lowest BCUT2D eigenvalue weighted by Gasteiger charge is -2.16. The average Bonchev–Trinajstić information content (AvgIpc) is 2.86. The highest BCUT2D eigenvalue weighted by atomic mass is 16.5. The zero-order chi connectivity index (χ0) is 12.0. The van der Waals surface area contributed by atoms with Gasteiger partial charge in [0.05, 0.1) is 12.9 Å². The molecule has 1 aliphatic rings. The lowest BCUT2D eigenvalue weighted by atomic mass is 10.2. The van der Waals surface area contributed by atoms with Crippen molar-refractivity contribution in [3.8, 4) is 0 Å². The van der Waals surface area contributed by atoms with Gasteiger partial charge in [-0.3, -0.25) is 4.57 Å². The van der Waals surface area contributed by atoms with Gasteiger partial charge in [-0.2, -0.15) is 0 Å². The molecule has 2 aromatic heterocycles. The molecule has 0 saturated carbocycles. The van der Waals surface area contributed by atoms with Crippen LogP contribution in [-0.2, 0) is 4.74 Å². The molecule has 0 radical (unpaired) electrons. The van der Waals surface area contributed by atoms with E-state index >= 15 is 0 Å². The Bertz CT molecular complexity index is 557. The molecule has 3 atom stereocenters. The average molecular weight is 237 g/mol. The number of ether oxygens (including phenoxy) is 1. The Labute approximate surface area is 95.7 Å². The van der Waals surface area contributed by atoms with Gasteiger partial charge in [-0.15, -0.1) is 0 Å². The maximum atomic E-state index is 9.76. The van der Waals surface area contributed by atoms with Crippen molar-refractivity contribution in [3.05, 3.63) is 12.7 Å². The summed E-state index contributed by atoms with van der Waals surface area (Å²) in [5.41, 5.74) is 6.57. The number of nitrogens with two attached hydrogens (primary N) is 1. The van der Waals surface area contributed by atoms with Crippen molar-refractivity contribution in [1.29, 1.82) is 0 Å². The lowest BCUT2D eigenvalue weighted by molar-refractivity contribution is -0.0162. The molecule has 3 rings (SSSR count). The summed E-state index contributed by atoms with van der Waals surface area (Å²) in [6.07, 6.45) is 0.152. The van der Waals surface area contributed by atoms with Crippen molar-refractivity contribution in [2.45, 2.75) is 18.4 Å². The van der Waals surface area contributed by atoms with Crippen molar-refractivity contribution >= 4 is 17.0 Å².